The summed E-state index contributed by atoms with van der Waals surface area (Å²) in [6, 6.07) is 3.41. The fourth-order valence-electron chi connectivity index (χ4n) is 2.29. The molecule has 0 aromatic heterocycles. The molecule has 0 unspecified atom stereocenters. The molecule has 1 aromatic rings. The number of rotatable bonds is 4. The molecule has 8 heteroatoms. The van der Waals surface area contributed by atoms with Gasteiger partial charge in [-0.15, -0.1) is 12.4 Å². The second-order valence-electron chi connectivity index (χ2n) is 5.16. The van der Waals surface area contributed by atoms with Gasteiger partial charge in [-0.1, -0.05) is 34.8 Å². The highest BCUT2D eigenvalue weighted by Crippen LogP contribution is 2.33. The number of benzene rings is 1. The first kappa shape index (κ1) is 19.7. The molecule has 3 N–H and O–H groups in total. The Labute approximate surface area is 151 Å². The zero-order valence-electron chi connectivity index (χ0n) is 11.8. The van der Waals surface area contributed by atoms with Crippen molar-refractivity contribution in [2.75, 3.05) is 6.61 Å². The van der Waals surface area contributed by atoms with Gasteiger partial charge >= 0.3 is 0 Å². The predicted octanol–water partition coefficient (Wildman–Crippen LogP) is 3.83. The van der Waals surface area contributed by atoms with E-state index in [1.54, 1.807) is 0 Å². The van der Waals surface area contributed by atoms with Crippen molar-refractivity contribution in [1.29, 1.82) is 0 Å². The largest absolute Gasteiger partial charge is 0.482 e. The summed E-state index contributed by atoms with van der Waals surface area (Å²) in [4.78, 5) is 11.9. The Hall–Kier alpha value is -0.390. The first-order valence-corrected chi connectivity index (χ1v) is 7.91. The molecule has 0 atom stereocenters. The summed E-state index contributed by atoms with van der Waals surface area (Å²) in [6.45, 7) is -0.111. The summed E-state index contributed by atoms with van der Waals surface area (Å²) >= 11 is 17.7. The van der Waals surface area contributed by atoms with Crippen LogP contribution in [0.1, 0.15) is 25.7 Å². The van der Waals surface area contributed by atoms with Crippen LogP contribution in [0.4, 0.5) is 0 Å². The average Bonchev–Trinajstić information content (AvgIpc) is 2.44. The van der Waals surface area contributed by atoms with E-state index in [0.717, 1.165) is 25.7 Å². The van der Waals surface area contributed by atoms with Crippen molar-refractivity contribution in [2.24, 2.45) is 5.73 Å². The maximum absolute atomic E-state index is 11.9. The second-order valence-corrected chi connectivity index (χ2v) is 6.39. The van der Waals surface area contributed by atoms with Crippen LogP contribution in [-0.4, -0.2) is 24.6 Å². The minimum absolute atomic E-state index is 0. The van der Waals surface area contributed by atoms with Crippen molar-refractivity contribution >= 4 is 53.1 Å². The molecule has 4 nitrogen and oxygen atoms in total. The third-order valence-corrected chi connectivity index (χ3v) is 4.49. The van der Waals surface area contributed by atoms with E-state index >= 15 is 0 Å². The molecule has 1 saturated carbocycles. The quantitative estimate of drug-likeness (QED) is 0.771. The van der Waals surface area contributed by atoms with Crippen LogP contribution in [0.15, 0.2) is 12.1 Å². The van der Waals surface area contributed by atoms with Crippen LogP contribution in [0.2, 0.25) is 15.1 Å². The summed E-state index contributed by atoms with van der Waals surface area (Å²) in [5, 5.41) is 3.93. The Morgan fingerprint density at radius 2 is 1.73 bits per heavy atom. The van der Waals surface area contributed by atoms with Gasteiger partial charge in [-0.05, 0) is 31.7 Å². The van der Waals surface area contributed by atoms with Crippen molar-refractivity contribution in [3.63, 3.8) is 0 Å². The van der Waals surface area contributed by atoms with Gasteiger partial charge in [-0.2, -0.15) is 0 Å². The zero-order chi connectivity index (χ0) is 15.4. The molecule has 0 saturated heterocycles. The Kier molecular flexibility index (Phi) is 8.08. The first-order valence-electron chi connectivity index (χ1n) is 6.78. The standard InChI is InChI=1S/C14H17Cl3N2O2.ClH/c15-10-5-12(17)13(6-11(10)16)21-7-14(20)19-9-3-1-8(18)2-4-9;/h5-6,8-9H,1-4,7,18H2,(H,19,20);1H. The molecule has 124 valence electrons. The highest BCUT2D eigenvalue weighted by Gasteiger charge is 2.20. The number of nitrogens with one attached hydrogen (secondary N) is 1. The average molecular weight is 388 g/mol. The van der Waals surface area contributed by atoms with Gasteiger partial charge in [0.1, 0.15) is 5.75 Å². The predicted molar refractivity (Wildman–Crippen MR) is 92.6 cm³/mol. The van der Waals surface area contributed by atoms with Crippen molar-refractivity contribution < 1.29 is 9.53 Å². The second kappa shape index (κ2) is 9.04. The maximum Gasteiger partial charge on any atom is 0.258 e. The van der Waals surface area contributed by atoms with E-state index in [0.29, 0.717) is 20.8 Å². The van der Waals surface area contributed by atoms with Gasteiger partial charge in [0, 0.05) is 18.2 Å². The number of carbonyl (C=O) groups excluding carboxylic acids is 1. The van der Waals surface area contributed by atoms with Crippen LogP contribution in [-0.2, 0) is 4.79 Å². The number of nitrogens with two attached hydrogens (primary N) is 1. The number of hydrogen-bond donors (Lipinski definition) is 2. The highest BCUT2D eigenvalue weighted by atomic mass is 35.5. The number of amides is 1. The molecule has 0 spiro atoms. The number of carbonyl (C=O) groups is 1. The van der Waals surface area contributed by atoms with Crippen molar-refractivity contribution in [3.05, 3.63) is 27.2 Å². The number of ether oxygens (including phenoxy) is 1. The summed E-state index contributed by atoms with van der Waals surface area (Å²) in [5.74, 6) is 0.157. The fraction of sp³-hybridized carbons (Fsp3) is 0.500. The molecule has 1 fully saturated rings. The SMILES string of the molecule is Cl.NC1CCC(NC(=O)COc2cc(Cl)c(Cl)cc2Cl)CC1. The highest BCUT2D eigenvalue weighted by molar-refractivity contribution is 6.43. The fourth-order valence-corrected chi connectivity index (χ4v) is 2.88. The van der Waals surface area contributed by atoms with Gasteiger partial charge in [0.2, 0.25) is 0 Å². The molecule has 0 heterocycles. The van der Waals surface area contributed by atoms with E-state index in [2.05, 4.69) is 5.32 Å². The van der Waals surface area contributed by atoms with Crippen LogP contribution in [0.3, 0.4) is 0 Å². The van der Waals surface area contributed by atoms with Gasteiger partial charge in [0.05, 0.1) is 15.1 Å². The molecule has 2 rings (SSSR count). The van der Waals surface area contributed by atoms with E-state index < -0.39 is 0 Å². The smallest absolute Gasteiger partial charge is 0.258 e. The van der Waals surface area contributed by atoms with Gasteiger partial charge in [-0.3, -0.25) is 4.79 Å². The zero-order valence-corrected chi connectivity index (χ0v) is 14.9. The van der Waals surface area contributed by atoms with Crippen LogP contribution >= 0.6 is 47.2 Å². The molecule has 0 radical (unpaired) electrons. The number of halogens is 4. The van der Waals surface area contributed by atoms with E-state index in [1.807, 2.05) is 0 Å². The van der Waals surface area contributed by atoms with Gasteiger partial charge < -0.3 is 15.8 Å². The monoisotopic (exact) mass is 386 g/mol. The van der Waals surface area contributed by atoms with Crippen LogP contribution in [0.25, 0.3) is 0 Å². The van der Waals surface area contributed by atoms with Gasteiger partial charge in [-0.25, -0.2) is 0 Å². The lowest BCUT2D eigenvalue weighted by Gasteiger charge is -2.26. The summed E-state index contributed by atoms with van der Waals surface area (Å²) < 4.78 is 5.39. The molecule has 1 aliphatic rings. The summed E-state index contributed by atoms with van der Waals surface area (Å²) in [5.41, 5.74) is 5.83. The Bertz CT molecular complexity index is 520. The van der Waals surface area contributed by atoms with E-state index in [9.17, 15) is 4.79 Å². The van der Waals surface area contributed by atoms with E-state index in [4.69, 9.17) is 45.3 Å². The molecule has 22 heavy (non-hydrogen) atoms. The van der Waals surface area contributed by atoms with Crippen LogP contribution in [0, 0.1) is 0 Å². The minimum atomic E-state index is -0.183. The van der Waals surface area contributed by atoms with Crippen molar-refractivity contribution in [3.8, 4) is 5.75 Å². The number of hydrogen-bond acceptors (Lipinski definition) is 3. The third-order valence-electron chi connectivity index (χ3n) is 3.47. The lowest BCUT2D eigenvalue weighted by Crippen LogP contribution is -2.42. The molecule has 0 aliphatic heterocycles. The van der Waals surface area contributed by atoms with E-state index in [1.165, 1.54) is 12.1 Å². The molecule has 1 aliphatic carbocycles. The Balaban J connectivity index is 0.00000242. The third kappa shape index (κ3) is 5.67. The Morgan fingerprint density at radius 3 is 2.36 bits per heavy atom. The van der Waals surface area contributed by atoms with E-state index in [-0.39, 0.29) is 37.0 Å². The normalized spacial score (nSPS) is 20.9. The van der Waals surface area contributed by atoms with Crippen LogP contribution in [0.5, 0.6) is 5.75 Å². The van der Waals surface area contributed by atoms with Gasteiger partial charge in [0.15, 0.2) is 6.61 Å². The molecular formula is C14H18Cl4N2O2. The topological polar surface area (TPSA) is 64.3 Å². The molecule has 1 amide bonds. The minimum Gasteiger partial charge on any atom is -0.482 e. The van der Waals surface area contributed by atoms with Crippen molar-refractivity contribution in [1.82, 2.24) is 5.32 Å². The summed E-state index contributed by atoms with van der Waals surface area (Å²) in [7, 11) is 0. The molecular weight excluding hydrogens is 370 g/mol. The Morgan fingerprint density at radius 1 is 1.14 bits per heavy atom. The molecule has 1 aromatic carbocycles. The first-order chi connectivity index (χ1) is 9.95. The lowest BCUT2D eigenvalue weighted by atomic mass is 9.92. The maximum atomic E-state index is 11.9. The lowest BCUT2D eigenvalue weighted by molar-refractivity contribution is -0.124. The molecule has 0 bridgehead atoms. The van der Waals surface area contributed by atoms with Gasteiger partial charge in [0.25, 0.3) is 5.91 Å². The van der Waals surface area contributed by atoms with Crippen LogP contribution < -0.4 is 15.8 Å². The summed E-state index contributed by atoms with van der Waals surface area (Å²) in [6.07, 6.45) is 3.68. The van der Waals surface area contributed by atoms with Crippen molar-refractivity contribution in [2.45, 2.75) is 37.8 Å².